The lowest BCUT2D eigenvalue weighted by Gasteiger charge is -2.25. The van der Waals surface area contributed by atoms with Crippen LogP contribution in [0.2, 0.25) is 0 Å². The number of pyridine rings is 1. The monoisotopic (exact) mass is 415 g/mol. The lowest BCUT2D eigenvalue weighted by Crippen LogP contribution is -2.94. The average molecular weight is 415 g/mol. The van der Waals surface area contributed by atoms with E-state index in [0.29, 0.717) is 17.0 Å². The maximum Gasteiger partial charge on any atom is 0.465 e. The number of nitrogens with zero attached hydrogens (tertiary/aromatic N) is 2. The van der Waals surface area contributed by atoms with Crippen molar-refractivity contribution in [3.63, 3.8) is 0 Å². The van der Waals surface area contributed by atoms with Gasteiger partial charge in [0.1, 0.15) is 11.6 Å². The van der Waals surface area contributed by atoms with Crippen molar-refractivity contribution in [3.8, 4) is 0 Å². The first kappa shape index (κ1) is 19.7. The molecular weight excluding hydrogens is 397 g/mol. The highest BCUT2D eigenvalue weighted by Gasteiger charge is 2.72. The number of hydrogen-bond acceptors (Lipinski definition) is 4. The van der Waals surface area contributed by atoms with Gasteiger partial charge in [-0.05, 0) is 43.3 Å². The van der Waals surface area contributed by atoms with Crippen LogP contribution in [0.1, 0.15) is 17.0 Å². The van der Waals surface area contributed by atoms with E-state index < -0.39 is 17.7 Å². The number of amidine groups is 1. The molecule has 0 aliphatic carbocycles. The lowest BCUT2D eigenvalue weighted by atomic mass is 10.1. The van der Waals surface area contributed by atoms with Crippen LogP contribution < -0.4 is 10.3 Å². The van der Waals surface area contributed by atoms with Gasteiger partial charge in [-0.2, -0.15) is 18.1 Å². The molecule has 154 valence electrons. The first-order valence-electron chi connectivity index (χ1n) is 9.14. The molecule has 0 fully saturated rings. The van der Waals surface area contributed by atoms with Crippen molar-refractivity contribution < 1.29 is 27.4 Å². The van der Waals surface area contributed by atoms with Gasteiger partial charge in [0.05, 0.1) is 11.8 Å². The quantitative estimate of drug-likeness (QED) is 0.671. The summed E-state index contributed by atoms with van der Waals surface area (Å²) >= 11 is 0. The summed E-state index contributed by atoms with van der Waals surface area (Å²) in [7, 11) is 0. The molecule has 30 heavy (non-hydrogen) atoms. The first-order chi connectivity index (χ1) is 14.3. The Morgan fingerprint density at radius 2 is 1.87 bits per heavy atom. The Kier molecular flexibility index (Phi) is 4.81. The Bertz CT molecular complexity index is 1080. The number of carbonyl (C=O) groups is 1. The Labute approximate surface area is 170 Å². The van der Waals surface area contributed by atoms with E-state index in [4.69, 9.17) is 4.42 Å². The molecule has 1 aliphatic heterocycles. The Morgan fingerprint density at radius 3 is 2.50 bits per heavy atom. The third-order valence-corrected chi connectivity index (χ3v) is 4.71. The van der Waals surface area contributed by atoms with Gasteiger partial charge in [-0.25, -0.2) is 14.8 Å². The van der Waals surface area contributed by atoms with E-state index in [1.54, 1.807) is 61.5 Å². The van der Waals surface area contributed by atoms with Gasteiger partial charge in [-0.3, -0.25) is 0 Å². The molecule has 1 amide bonds. The molecule has 9 heteroatoms. The summed E-state index contributed by atoms with van der Waals surface area (Å²) in [6.07, 6.45) is -3.56. The van der Waals surface area contributed by atoms with Crippen molar-refractivity contribution in [2.45, 2.75) is 25.3 Å². The van der Waals surface area contributed by atoms with Crippen molar-refractivity contribution in [2.75, 3.05) is 5.32 Å². The molecule has 2 N–H and O–H groups in total. The van der Waals surface area contributed by atoms with Crippen molar-refractivity contribution in [2.24, 2.45) is 0 Å². The van der Waals surface area contributed by atoms with E-state index in [9.17, 15) is 18.0 Å². The summed E-state index contributed by atoms with van der Waals surface area (Å²) in [6, 6.07) is 16.2. The van der Waals surface area contributed by atoms with Crippen LogP contribution in [-0.4, -0.2) is 33.5 Å². The largest absolute Gasteiger partial charge is 0.465 e. The molecular formula is C21H18F3N4O2+. The number of hydrogen-bond donors (Lipinski definition) is 2. The second-order valence-corrected chi connectivity index (χ2v) is 6.85. The molecule has 0 saturated carbocycles. The summed E-state index contributed by atoms with van der Waals surface area (Å²) in [4.78, 5) is 20.8. The third-order valence-electron chi connectivity index (χ3n) is 4.71. The van der Waals surface area contributed by atoms with Gasteiger partial charge in [0.15, 0.2) is 6.54 Å². The molecule has 0 spiro atoms. The van der Waals surface area contributed by atoms with Gasteiger partial charge in [-0.1, -0.05) is 24.3 Å². The number of rotatable bonds is 5. The van der Waals surface area contributed by atoms with Crippen LogP contribution in [0.25, 0.3) is 0 Å². The SMILES string of the molecule is Cc1cccc(N[C@]2(C(F)(F)F)[NH+]=C(c3ccccc3)N(Cc3ccco3)C2=O)n1. The molecule has 0 saturated heterocycles. The van der Waals surface area contributed by atoms with Crippen LogP contribution in [0.4, 0.5) is 19.0 Å². The standard InChI is InChI=1S/C21H17F3N4O2/c1-14-7-5-11-17(25-14)26-20(21(22,23)24)19(29)28(13-16-10-6-12-30-16)18(27-20)15-8-3-2-4-9-15/h2-12H,13H2,1H3,(H,25,26)/p+1/t20-/m0/s1. The number of halogens is 3. The molecule has 0 radical (unpaired) electrons. The van der Waals surface area contributed by atoms with Gasteiger partial charge in [0.2, 0.25) is 0 Å². The smallest absolute Gasteiger partial charge is 0.465 e. The van der Waals surface area contributed by atoms with Crippen LogP contribution in [-0.2, 0) is 11.3 Å². The molecule has 2 aromatic heterocycles. The number of aromatic nitrogens is 1. The van der Waals surface area contributed by atoms with Gasteiger partial charge in [0, 0.05) is 5.69 Å². The van der Waals surface area contributed by atoms with Crippen molar-refractivity contribution >= 4 is 17.6 Å². The van der Waals surface area contributed by atoms with Gasteiger partial charge >= 0.3 is 17.7 Å². The highest BCUT2D eigenvalue weighted by atomic mass is 19.4. The molecule has 1 aliphatic rings. The topological polar surface area (TPSA) is 72.3 Å². The average Bonchev–Trinajstić information content (AvgIpc) is 3.31. The Morgan fingerprint density at radius 1 is 1.10 bits per heavy atom. The fourth-order valence-electron chi connectivity index (χ4n) is 3.29. The number of alkyl halides is 3. The second kappa shape index (κ2) is 7.33. The highest BCUT2D eigenvalue weighted by Crippen LogP contribution is 2.32. The van der Waals surface area contributed by atoms with Gasteiger partial charge in [-0.15, -0.1) is 0 Å². The predicted octanol–water partition coefficient (Wildman–Crippen LogP) is 2.22. The maximum atomic E-state index is 14.4. The lowest BCUT2D eigenvalue weighted by molar-refractivity contribution is -0.566. The van der Waals surface area contributed by atoms with Crippen molar-refractivity contribution in [3.05, 3.63) is 83.9 Å². The Hall–Kier alpha value is -3.62. The van der Waals surface area contributed by atoms with Crippen LogP contribution >= 0.6 is 0 Å². The zero-order valence-corrected chi connectivity index (χ0v) is 15.9. The number of nitrogens with one attached hydrogen (secondary N) is 2. The molecule has 3 aromatic rings. The van der Waals surface area contributed by atoms with E-state index in [2.05, 4.69) is 15.3 Å². The van der Waals surface area contributed by atoms with E-state index in [1.165, 1.54) is 12.3 Å². The summed E-state index contributed by atoms with van der Waals surface area (Å²) in [5.74, 6) is -0.895. The number of amides is 1. The minimum Gasteiger partial charge on any atom is -0.465 e. The number of anilines is 1. The van der Waals surface area contributed by atoms with Gasteiger partial charge in [0.25, 0.3) is 5.84 Å². The minimum atomic E-state index is -4.96. The van der Waals surface area contributed by atoms with Crippen LogP contribution in [0.5, 0.6) is 0 Å². The predicted molar refractivity (Wildman–Crippen MR) is 102 cm³/mol. The number of benzene rings is 1. The molecule has 1 atom stereocenters. The Balaban J connectivity index is 1.84. The fraction of sp³-hybridized carbons (Fsp3) is 0.190. The van der Waals surface area contributed by atoms with Crippen molar-refractivity contribution in [1.82, 2.24) is 9.88 Å². The van der Waals surface area contributed by atoms with E-state index in [0.717, 1.165) is 4.90 Å². The van der Waals surface area contributed by atoms with Crippen LogP contribution in [0.15, 0.2) is 71.3 Å². The molecule has 0 unspecified atom stereocenters. The molecule has 0 bridgehead atoms. The summed E-state index contributed by atoms with van der Waals surface area (Å²) in [5.41, 5.74) is -2.13. The summed E-state index contributed by atoms with van der Waals surface area (Å²) < 4.78 is 48.3. The minimum absolute atomic E-state index is 0.0227. The van der Waals surface area contributed by atoms with Gasteiger partial charge < -0.3 is 9.73 Å². The zero-order valence-electron chi connectivity index (χ0n) is 15.9. The molecule has 6 nitrogen and oxygen atoms in total. The first-order valence-corrected chi connectivity index (χ1v) is 9.14. The fourth-order valence-corrected chi connectivity index (χ4v) is 3.29. The summed E-state index contributed by atoms with van der Waals surface area (Å²) in [6.45, 7) is 1.49. The maximum absolute atomic E-state index is 14.4. The highest BCUT2D eigenvalue weighted by molar-refractivity contribution is 6.11. The van der Waals surface area contributed by atoms with E-state index in [1.807, 2.05) is 0 Å². The normalized spacial score (nSPS) is 19.1. The summed E-state index contributed by atoms with van der Waals surface area (Å²) in [5, 5.41) is 2.30. The zero-order chi connectivity index (χ0) is 21.4. The van der Waals surface area contributed by atoms with E-state index in [-0.39, 0.29) is 18.2 Å². The number of furan rings is 1. The molecule has 1 aromatic carbocycles. The molecule has 3 heterocycles. The third kappa shape index (κ3) is 3.42. The number of aryl methyl sites for hydroxylation is 1. The number of carbonyl (C=O) groups excluding carboxylic acids is 1. The van der Waals surface area contributed by atoms with Crippen LogP contribution in [0.3, 0.4) is 0 Å². The molecule has 4 rings (SSSR count). The van der Waals surface area contributed by atoms with E-state index >= 15 is 0 Å². The van der Waals surface area contributed by atoms with Crippen LogP contribution in [0, 0.1) is 6.92 Å². The second-order valence-electron chi connectivity index (χ2n) is 6.85. The van der Waals surface area contributed by atoms with Crippen molar-refractivity contribution in [1.29, 1.82) is 0 Å².